The number of ether oxygens (including phenoxy) is 2. The Balaban J connectivity index is 0.00000353. The monoisotopic (exact) mass is 597 g/mol. The number of aromatic nitrogens is 2. The Morgan fingerprint density at radius 3 is 2.74 bits per heavy atom. The topological polar surface area (TPSA) is 126 Å². The van der Waals surface area contributed by atoms with Gasteiger partial charge in [-0.15, -0.1) is 12.4 Å². The van der Waals surface area contributed by atoms with E-state index < -0.39 is 11.6 Å². The molecule has 1 amide bonds. The number of pyridine rings is 2. The van der Waals surface area contributed by atoms with Gasteiger partial charge in [-0.1, -0.05) is 6.92 Å². The minimum Gasteiger partial charge on any atom is -0.458 e. The molecule has 224 valence electrons. The maximum Gasteiger partial charge on any atom is 0.415 e. The number of aliphatic hydroxyl groups is 1. The van der Waals surface area contributed by atoms with Gasteiger partial charge in [-0.3, -0.25) is 4.79 Å². The third-order valence-electron chi connectivity index (χ3n) is 8.43. The summed E-state index contributed by atoms with van der Waals surface area (Å²) in [6.07, 6.45) is -0.301. The van der Waals surface area contributed by atoms with Crippen molar-refractivity contribution in [2.75, 3.05) is 27.2 Å². The summed E-state index contributed by atoms with van der Waals surface area (Å²) in [6.45, 7) is 7.61. The Morgan fingerprint density at radius 1 is 1.26 bits per heavy atom. The van der Waals surface area contributed by atoms with Crippen molar-refractivity contribution in [1.29, 1.82) is 0 Å². The number of piperazine rings is 1. The van der Waals surface area contributed by atoms with Gasteiger partial charge in [0, 0.05) is 53.8 Å². The first-order chi connectivity index (χ1) is 19.5. The van der Waals surface area contributed by atoms with Crippen LogP contribution in [0.25, 0.3) is 22.3 Å². The number of hydrogen-bond acceptors (Lipinski definition) is 9. The number of benzene rings is 1. The zero-order chi connectivity index (χ0) is 29.2. The van der Waals surface area contributed by atoms with E-state index in [9.17, 15) is 19.5 Å². The van der Waals surface area contributed by atoms with Gasteiger partial charge in [0.25, 0.3) is 5.56 Å². The van der Waals surface area contributed by atoms with E-state index in [1.54, 1.807) is 28.5 Å². The summed E-state index contributed by atoms with van der Waals surface area (Å²) >= 11 is 0. The molecule has 3 aromatic rings. The van der Waals surface area contributed by atoms with Crippen LogP contribution >= 0.6 is 12.4 Å². The zero-order valence-electron chi connectivity index (χ0n) is 24.4. The fourth-order valence-corrected chi connectivity index (χ4v) is 6.09. The zero-order valence-corrected chi connectivity index (χ0v) is 25.2. The summed E-state index contributed by atoms with van der Waals surface area (Å²) in [4.78, 5) is 47.9. The number of amides is 1. The first-order valence-electron chi connectivity index (χ1n) is 14.0. The van der Waals surface area contributed by atoms with E-state index in [2.05, 4.69) is 5.32 Å². The summed E-state index contributed by atoms with van der Waals surface area (Å²) in [5.41, 5.74) is 1.92. The number of nitrogens with zero attached hydrogens (tertiary/aromatic N) is 4. The van der Waals surface area contributed by atoms with E-state index in [1.807, 2.05) is 45.0 Å². The number of esters is 1. The summed E-state index contributed by atoms with van der Waals surface area (Å²) in [7, 11) is 3.90. The van der Waals surface area contributed by atoms with Crippen molar-refractivity contribution in [2.45, 2.75) is 64.6 Å². The van der Waals surface area contributed by atoms with Gasteiger partial charge in [-0.25, -0.2) is 14.6 Å². The number of fused-ring (bicyclic) bond motifs is 5. The van der Waals surface area contributed by atoms with Gasteiger partial charge in [0.15, 0.2) is 5.60 Å². The fourth-order valence-electron chi connectivity index (χ4n) is 6.09. The molecule has 11 nitrogen and oxygen atoms in total. The molecule has 1 aromatic carbocycles. The third kappa shape index (κ3) is 4.74. The van der Waals surface area contributed by atoms with Crippen molar-refractivity contribution in [3.05, 3.63) is 56.9 Å². The van der Waals surface area contributed by atoms with E-state index in [1.165, 1.54) is 0 Å². The molecular formula is C30H36ClN5O6. The Hall–Kier alpha value is -3.51. The number of hydrogen-bond donors (Lipinski definition) is 2. The molecule has 12 heteroatoms. The number of halogens is 1. The second-order valence-electron chi connectivity index (χ2n) is 11.6. The summed E-state index contributed by atoms with van der Waals surface area (Å²) < 4.78 is 12.8. The van der Waals surface area contributed by atoms with Crippen LogP contribution in [0, 0.1) is 0 Å². The average Bonchev–Trinajstić information content (AvgIpc) is 3.30. The molecule has 0 radical (unpaired) electrons. The van der Waals surface area contributed by atoms with E-state index in [-0.39, 0.29) is 60.3 Å². The highest BCUT2D eigenvalue weighted by molar-refractivity contribution is 5.90. The maximum atomic E-state index is 13.5. The summed E-state index contributed by atoms with van der Waals surface area (Å²) in [5.74, 6) is -0.273. The Morgan fingerprint density at radius 2 is 2.02 bits per heavy atom. The average molecular weight is 598 g/mol. The number of nitrogens with one attached hydrogen (secondary N) is 1. The van der Waals surface area contributed by atoms with Crippen molar-refractivity contribution in [1.82, 2.24) is 24.7 Å². The standard InChI is InChI=1S/C30H35N5O6.ClH/c1-6-30(39)22-10-24-26-18(13-35(24)27(36)21(22)15-40-28(30)37)9-19-20(14-33(4)5)25(8-7-23(19)32-26)41-29(38)34-12-16(2)31-11-17(34)3;/h7-10,16-17,31,39H,6,11-15H2,1-5H3;1H/t16-,17+,30-;/m0./s1. The number of carbonyl (C=O) groups excluding carboxylic acids is 2. The predicted octanol–water partition coefficient (Wildman–Crippen LogP) is 2.74. The Bertz CT molecular complexity index is 1660. The second kappa shape index (κ2) is 11.0. The molecule has 1 fully saturated rings. The third-order valence-corrected chi connectivity index (χ3v) is 8.43. The van der Waals surface area contributed by atoms with Gasteiger partial charge in [0.2, 0.25) is 0 Å². The van der Waals surface area contributed by atoms with Gasteiger partial charge >= 0.3 is 12.1 Å². The van der Waals surface area contributed by atoms with Crippen LogP contribution in [-0.2, 0) is 34.8 Å². The first-order valence-corrected chi connectivity index (χ1v) is 14.0. The molecule has 0 unspecified atom stereocenters. The molecule has 3 aliphatic rings. The van der Waals surface area contributed by atoms with Gasteiger partial charge in [-0.2, -0.15) is 0 Å². The van der Waals surface area contributed by atoms with Crippen LogP contribution in [-0.4, -0.2) is 75.8 Å². The molecule has 0 saturated carbocycles. The van der Waals surface area contributed by atoms with Crippen LogP contribution in [0.15, 0.2) is 29.1 Å². The van der Waals surface area contributed by atoms with E-state index >= 15 is 0 Å². The molecule has 6 rings (SSSR count). The molecular weight excluding hydrogens is 562 g/mol. The molecule has 0 spiro atoms. The van der Waals surface area contributed by atoms with Crippen LogP contribution < -0.4 is 15.6 Å². The highest BCUT2D eigenvalue weighted by Gasteiger charge is 2.45. The largest absolute Gasteiger partial charge is 0.458 e. The lowest BCUT2D eigenvalue weighted by Crippen LogP contribution is -2.56. The van der Waals surface area contributed by atoms with Gasteiger partial charge in [0.1, 0.15) is 12.4 Å². The lowest BCUT2D eigenvalue weighted by atomic mass is 9.86. The second-order valence-corrected chi connectivity index (χ2v) is 11.6. The van der Waals surface area contributed by atoms with Crippen molar-refractivity contribution in [3.8, 4) is 17.1 Å². The smallest absolute Gasteiger partial charge is 0.415 e. The molecule has 3 atom stereocenters. The van der Waals surface area contributed by atoms with Crippen LogP contribution in [0.4, 0.5) is 4.79 Å². The first kappa shape index (κ1) is 30.0. The summed E-state index contributed by atoms with van der Waals surface area (Å²) in [6, 6.07) is 7.49. The van der Waals surface area contributed by atoms with Crippen LogP contribution in [0.3, 0.4) is 0 Å². The molecule has 2 N–H and O–H groups in total. The fraction of sp³-hybridized carbons (Fsp3) is 0.467. The van der Waals surface area contributed by atoms with Crippen LogP contribution in [0.5, 0.6) is 5.75 Å². The van der Waals surface area contributed by atoms with Crippen LogP contribution in [0.2, 0.25) is 0 Å². The Kier molecular flexibility index (Phi) is 7.82. The molecule has 42 heavy (non-hydrogen) atoms. The molecule has 3 aliphatic heterocycles. The van der Waals surface area contributed by atoms with Crippen LogP contribution in [0.1, 0.15) is 49.4 Å². The van der Waals surface area contributed by atoms with Crippen molar-refractivity contribution >= 4 is 35.4 Å². The number of carbonyl (C=O) groups is 2. The molecule has 2 aromatic heterocycles. The maximum absolute atomic E-state index is 13.5. The predicted molar refractivity (Wildman–Crippen MR) is 159 cm³/mol. The summed E-state index contributed by atoms with van der Waals surface area (Å²) in [5, 5.41) is 15.3. The molecule has 5 heterocycles. The SMILES string of the molecule is CC[C@@]1(O)C(=O)OCc2c1cc1n(c2=O)Cc2cc3c(CN(C)C)c(OC(=O)N4C[C@H](C)NC[C@H]4C)ccc3nc2-1.Cl. The number of rotatable bonds is 4. The van der Waals surface area contributed by atoms with Gasteiger partial charge in [-0.05, 0) is 58.6 Å². The molecule has 0 bridgehead atoms. The van der Waals surface area contributed by atoms with E-state index in [0.29, 0.717) is 48.8 Å². The van der Waals surface area contributed by atoms with Crippen molar-refractivity contribution < 1.29 is 24.2 Å². The minimum atomic E-state index is -1.88. The number of cyclic esters (lactones) is 1. The van der Waals surface area contributed by atoms with Gasteiger partial charge < -0.3 is 34.3 Å². The van der Waals surface area contributed by atoms with E-state index in [0.717, 1.165) is 16.5 Å². The highest BCUT2D eigenvalue weighted by Crippen LogP contribution is 2.40. The van der Waals surface area contributed by atoms with Crippen molar-refractivity contribution in [3.63, 3.8) is 0 Å². The quantitative estimate of drug-likeness (QED) is 0.342. The molecule has 0 aliphatic carbocycles. The lowest BCUT2D eigenvalue weighted by Gasteiger charge is -2.36. The van der Waals surface area contributed by atoms with Crippen molar-refractivity contribution in [2.24, 2.45) is 0 Å². The molecule has 1 saturated heterocycles. The minimum absolute atomic E-state index is 0. The van der Waals surface area contributed by atoms with Gasteiger partial charge in [0.05, 0.1) is 29.0 Å². The Labute approximate surface area is 249 Å². The lowest BCUT2D eigenvalue weighted by molar-refractivity contribution is -0.172. The highest BCUT2D eigenvalue weighted by atomic mass is 35.5. The normalized spacial score (nSPS) is 22.7. The van der Waals surface area contributed by atoms with E-state index in [4.69, 9.17) is 14.5 Å².